The second-order valence-corrected chi connectivity index (χ2v) is 2.54. The normalized spacial score (nSPS) is 13.9. The van der Waals surface area contributed by atoms with E-state index in [9.17, 15) is 0 Å². The van der Waals surface area contributed by atoms with Gasteiger partial charge in [0, 0.05) is 6.21 Å². The van der Waals surface area contributed by atoms with E-state index < -0.39 is 0 Å². The summed E-state index contributed by atoms with van der Waals surface area (Å²) in [7, 11) is 0. The van der Waals surface area contributed by atoms with E-state index in [-0.39, 0.29) is 0 Å². The molecule has 0 atom stereocenters. The van der Waals surface area contributed by atoms with Gasteiger partial charge in [0.1, 0.15) is 18.0 Å². The molecule has 1 aliphatic rings. The smallest absolute Gasteiger partial charge is 0.145 e. The summed E-state index contributed by atoms with van der Waals surface area (Å²) in [6, 6.07) is 5.96. The third-order valence-corrected chi connectivity index (χ3v) is 1.73. The van der Waals surface area contributed by atoms with E-state index in [0.717, 1.165) is 11.4 Å². The molecule has 0 radical (unpaired) electrons. The Morgan fingerprint density at radius 1 is 1.45 bits per heavy atom. The van der Waals surface area contributed by atoms with Crippen LogP contribution in [-0.2, 0) is 0 Å². The fourth-order valence-electron chi connectivity index (χ4n) is 1.17. The van der Waals surface area contributed by atoms with Gasteiger partial charge < -0.3 is 4.74 Å². The first-order valence-corrected chi connectivity index (χ1v) is 3.63. The quantitative estimate of drug-likeness (QED) is 0.550. The van der Waals surface area contributed by atoms with Crippen LogP contribution in [0.4, 0.5) is 5.69 Å². The largest absolute Gasteiger partial charge is 0.486 e. The van der Waals surface area contributed by atoms with Gasteiger partial charge in [-0.2, -0.15) is 0 Å². The second kappa shape index (κ2) is 2.38. The lowest BCUT2D eigenvalue weighted by molar-refractivity contribution is 0.376. The highest BCUT2D eigenvalue weighted by Crippen LogP contribution is 2.32. The number of hydrogen-bond donors (Lipinski definition) is 0. The molecular weight excluding hydrogens is 138 g/mol. The SMILES string of the molecule is Cc1cccc2c1N=CCO2. The van der Waals surface area contributed by atoms with E-state index in [1.807, 2.05) is 25.1 Å². The van der Waals surface area contributed by atoms with E-state index in [4.69, 9.17) is 4.74 Å². The van der Waals surface area contributed by atoms with Crippen molar-refractivity contribution in [1.82, 2.24) is 0 Å². The van der Waals surface area contributed by atoms with Crippen molar-refractivity contribution in [2.75, 3.05) is 6.61 Å². The first kappa shape index (κ1) is 6.40. The zero-order chi connectivity index (χ0) is 7.68. The molecule has 0 amide bonds. The number of benzene rings is 1. The van der Waals surface area contributed by atoms with Gasteiger partial charge in [-0.15, -0.1) is 0 Å². The van der Waals surface area contributed by atoms with Crippen LogP contribution in [-0.4, -0.2) is 12.8 Å². The van der Waals surface area contributed by atoms with E-state index in [1.54, 1.807) is 6.21 Å². The third-order valence-electron chi connectivity index (χ3n) is 1.73. The average Bonchev–Trinajstić information content (AvgIpc) is 2.06. The fraction of sp³-hybridized carbons (Fsp3) is 0.222. The van der Waals surface area contributed by atoms with Crippen LogP contribution in [0, 0.1) is 6.92 Å². The van der Waals surface area contributed by atoms with Crippen molar-refractivity contribution in [2.24, 2.45) is 4.99 Å². The summed E-state index contributed by atoms with van der Waals surface area (Å²) < 4.78 is 5.35. The van der Waals surface area contributed by atoms with Crippen molar-refractivity contribution in [2.45, 2.75) is 6.92 Å². The maximum absolute atomic E-state index is 5.35. The molecule has 0 aromatic heterocycles. The molecule has 1 aromatic rings. The van der Waals surface area contributed by atoms with Crippen LogP contribution in [0.25, 0.3) is 0 Å². The summed E-state index contributed by atoms with van der Waals surface area (Å²) in [5.41, 5.74) is 2.14. The van der Waals surface area contributed by atoms with Crippen LogP contribution < -0.4 is 4.74 Å². The Morgan fingerprint density at radius 3 is 3.18 bits per heavy atom. The maximum Gasteiger partial charge on any atom is 0.145 e. The van der Waals surface area contributed by atoms with Crippen molar-refractivity contribution >= 4 is 11.9 Å². The van der Waals surface area contributed by atoms with Crippen LogP contribution in [0.15, 0.2) is 23.2 Å². The minimum Gasteiger partial charge on any atom is -0.486 e. The molecule has 0 saturated carbocycles. The Kier molecular flexibility index (Phi) is 1.39. The van der Waals surface area contributed by atoms with Crippen molar-refractivity contribution in [3.8, 4) is 5.75 Å². The number of aliphatic imine (C=N–C) groups is 1. The Morgan fingerprint density at radius 2 is 2.36 bits per heavy atom. The molecule has 56 valence electrons. The van der Waals surface area contributed by atoms with E-state index in [1.165, 1.54) is 5.56 Å². The van der Waals surface area contributed by atoms with Crippen LogP contribution in [0.2, 0.25) is 0 Å². The molecule has 11 heavy (non-hydrogen) atoms. The molecule has 0 fully saturated rings. The first-order chi connectivity index (χ1) is 5.38. The zero-order valence-corrected chi connectivity index (χ0v) is 6.37. The summed E-state index contributed by atoms with van der Waals surface area (Å²) in [4.78, 5) is 4.24. The minimum absolute atomic E-state index is 0.594. The van der Waals surface area contributed by atoms with Gasteiger partial charge in [0.05, 0.1) is 0 Å². The number of para-hydroxylation sites is 1. The van der Waals surface area contributed by atoms with Gasteiger partial charge in [-0.25, -0.2) is 0 Å². The standard InChI is InChI=1S/C9H9NO/c1-7-3-2-4-8-9(7)10-5-6-11-8/h2-5H,6H2,1H3. The lowest BCUT2D eigenvalue weighted by atomic mass is 10.2. The average molecular weight is 147 g/mol. The summed E-state index contributed by atoms with van der Waals surface area (Å²) >= 11 is 0. The van der Waals surface area contributed by atoms with Crippen molar-refractivity contribution in [3.63, 3.8) is 0 Å². The van der Waals surface area contributed by atoms with Gasteiger partial charge in [0.2, 0.25) is 0 Å². The fourth-order valence-corrected chi connectivity index (χ4v) is 1.17. The topological polar surface area (TPSA) is 21.6 Å². The Bertz CT molecular complexity index is 304. The molecule has 0 unspecified atom stereocenters. The molecule has 0 saturated heterocycles. The van der Waals surface area contributed by atoms with Crippen molar-refractivity contribution in [3.05, 3.63) is 23.8 Å². The van der Waals surface area contributed by atoms with Crippen LogP contribution in [0.3, 0.4) is 0 Å². The number of nitrogens with zero attached hydrogens (tertiary/aromatic N) is 1. The Hall–Kier alpha value is -1.31. The molecular formula is C9H9NO. The Labute approximate surface area is 65.5 Å². The van der Waals surface area contributed by atoms with E-state index >= 15 is 0 Å². The number of aryl methyl sites for hydroxylation is 1. The van der Waals surface area contributed by atoms with Crippen LogP contribution in [0.1, 0.15) is 5.56 Å². The predicted molar refractivity (Wildman–Crippen MR) is 44.8 cm³/mol. The minimum atomic E-state index is 0.594. The number of fused-ring (bicyclic) bond motifs is 1. The summed E-state index contributed by atoms with van der Waals surface area (Å²) in [5.74, 6) is 0.896. The van der Waals surface area contributed by atoms with Gasteiger partial charge in [0.15, 0.2) is 0 Å². The lowest BCUT2D eigenvalue weighted by Gasteiger charge is -2.12. The zero-order valence-electron chi connectivity index (χ0n) is 6.37. The van der Waals surface area contributed by atoms with Gasteiger partial charge in [-0.1, -0.05) is 12.1 Å². The highest BCUT2D eigenvalue weighted by molar-refractivity contribution is 5.72. The molecule has 2 heteroatoms. The number of ether oxygens (including phenoxy) is 1. The molecule has 1 aromatic carbocycles. The van der Waals surface area contributed by atoms with Gasteiger partial charge >= 0.3 is 0 Å². The van der Waals surface area contributed by atoms with Crippen LogP contribution in [0.5, 0.6) is 5.75 Å². The number of hydrogen-bond acceptors (Lipinski definition) is 2. The number of rotatable bonds is 0. The first-order valence-electron chi connectivity index (χ1n) is 3.63. The predicted octanol–water partition coefficient (Wildman–Crippen LogP) is 2.09. The molecule has 0 N–H and O–H groups in total. The van der Waals surface area contributed by atoms with Gasteiger partial charge in [-0.05, 0) is 18.6 Å². The summed E-state index contributed by atoms with van der Waals surface area (Å²) in [6.07, 6.45) is 1.79. The van der Waals surface area contributed by atoms with Crippen molar-refractivity contribution < 1.29 is 4.74 Å². The summed E-state index contributed by atoms with van der Waals surface area (Å²) in [6.45, 7) is 2.63. The van der Waals surface area contributed by atoms with E-state index in [2.05, 4.69) is 4.99 Å². The lowest BCUT2D eigenvalue weighted by Crippen LogP contribution is -2.02. The third kappa shape index (κ3) is 1.00. The summed E-state index contributed by atoms with van der Waals surface area (Å²) in [5, 5.41) is 0. The van der Waals surface area contributed by atoms with Crippen molar-refractivity contribution in [1.29, 1.82) is 0 Å². The van der Waals surface area contributed by atoms with Gasteiger partial charge in [0.25, 0.3) is 0 Å². The van der Waals surface area contributed by atoms with Gasteiger partial charge in [-0.3, -0.25) is 4.99 Å². The molecule has 1 aliphatic heterocycles. The molecule has 0 spiro atoms. The molecule has 0 aliphatic carbocycles. The molecule has 2 nitrogen and oxygen atoms in total. The monoisotopic (exact) mass is 147 g/mol. The highest BCUT2D eigenvalue weighted by Gasteiger charge is 2.07. The molecule has 1 heterocycles. The Balaban J connectivity index is 2.60. The molecule has 2 rings (SSSR count). The van der Waals surface area contributed by atoms with Crippen LogP contribution >= 0.6 is 0 Å². The maximum atomic E-state index is 5.35. The van der Waals surface area contributed by atoms with E-state index in [0.29, 0.717) is 6.61 Å². The second-order valence-electron chi connectivity index (χ2n) is 2.54. The highest BCUT2D eigenvalue weighted by atomic mass is 16.5. The molecule has 0 bridgehead atoms.